The number of aliphatic hydroxyl groups is 1. The van der Waals surface area contributed by atoms with E-state index < -0.39 is 65.9 Å². The quantitative estimate of drug-likeness (QED) is 0.232. The molecule has 0 saturated carbocycles. The van der Waals surface area contributed by atoms with Gasteiger partial charge in [-0.1, -0.05) is 0 Å². The molecule has 6 N–H and O–H groups in total. The lowest BCUT2D eigenvalue weighted by Crippen LogP contribution is -2.41. The van der Waals surface area contributed by atoms with E-state index >= 15 is 0 Å². The number of rotatable bonds is 8. The van der Waals surface area contributed by atoms with Gasteiger partial charge in [-0.15, -0.1) is 0 Å². The third-order valence-corrected chi connectivity index (χ3v) is 7.03. The maximum Gasteiger partial charge on any atom is 0.490 e. The summed E-state index contributed by atoms with van der Waals surface area (Å²) in [7, 11) is -16.9. The summed E-state index contributed by atoms with van der Waals surface area (Å²) < 4.78 is 64.5. The van der Waals surface area contributed by atoms with Gasteiger partial charge in [0.2, 0.25) is 0 Å². The van der Waals surface area contributed by atoms with Crippen LogP contribution in [0.3, 0.4) is 0 Å². The third-order valence-electron chi connectivity index (χ3n) is 3.22. The van der Waals surface area contributed by atoms with Crippen molar-refractivity contribution < 1.29 is 60.6 Å². The molecule has 2 heterocycles. The molecule has 0 radical (unpaired) electrons. The standard InChI is InChI=1S/C9H14FN2O14P3/c10-9(12-2-1-7(14)11-8(12)15)3-5(13)6(24-9)4-23-28(19,20)26-29(21,22)25-27(16,17)18/h1-2,5-6,13H,3-4H2,(H,19,20)(H,21,22)(H,11,14,15)(H2,16,17,18)/t5-,6+,9-/m0/s1. The first-order valence-electron chi connectivity index (χ1n) is 7.18. The Morgan fingerprint density at radius 1 is 1.21 bits per heavy atom. The van der Waals surface area contributed by atoms with Crippen LogP contribution in [0.4, 0.5) is 4.39 Å². The van der Waals surface area contributed by atoms with Crippen LogP contribution in [-0.2, 0) is 37.6 Å². The van der Waals surface area contributed by atoms with Gasteiger partial charge in [-0.05, 0) is 0 Å². The Balaban J connectivity index is 2.06. The van der Waals surface area contributed by atoms with E-state index in [1.54, 1.807) is 4.98 Å². The highest BCUT2D eigenvalue weighted by Gasteiger charge is 2.50. The SMILES string of the molecule is O=c1ccn([C@@]2(F)C[C@H](O)[C@@H](COP(=O)(O)OP(=O)(O)OP(=O)(O)O)O2)c(=O)[nH]1. The molecule has 16 nitrogen and oxygen atoms in total. The van der Waals surface area contributed by atoms with Gasteiger partial charge in [-0.3, -0.25) is 14.3 Å². The molecule has 20 heteroatoms. The lowest BCUT2D eigenvalue weighted by atomic mass is 10.2. The average molecular weight is 486 g/mol. The zero-order chi connectivity index (χ0) is 22.3. The van der Waals surface area contributed by atoms with Crippen LogP contribution in [0, 0.1) is 0 Å². The highest BCUT2D eigenvalue weighted by Crippen LogP contribution is 2.66. The summed E-state index contributed by atoms with van der Waals surface area (Å²) >= 11 is 0. The van der Waals surface area contributed by atoms with Gasteiger partial charge in [0.25, 0.3) is 11.5 Å². The molecule has 0 bridgehead atoms. The zero-order valence-electron chi connectivity index (χ0n) is 13.8. The lowest BCUT2D eigenvalue weighted by molar-refractivity contribution is -0.204. The van der Waals surface area contributed by atoms with E-state index in [1.165, 1.54) is 0 Å². The summed E-state index contributed by atoms with van der Waals surface area (Å²) in [5.74, 6) is -2.98. The molecular weight excluding hydrogens is 472 g/mol. The minimum atomic E-state index is -5.75. The number of alkyl halides is 1. The number of hydrogen-bond donors (Lipinski definition) is 6. The summed E-state index contributed by atoms with van der Waals surface area (Å²) in [5.41, 5.74) is -2.06. The lowest BCUT2D eigenvalue weighted by Gasteiger charge is -2.22. The molecule has 1 aromatic rings. The van der Waals surface area contributed by atoms with E-state index in [9.17, 15) is 37.7 Å². The fraction of sp³-hybridized carbons (Fsp3) is 0.556. The summed E-state index contributed by atoms with van der Waals surface area (Å²) in [4.78, 5) is 59.6. The summed E-state index contributed by atoms with van der Waals surface area (Å²) in [6, 6.07) is 0.790. The maximum atomic E-state index is 14.9. The van der Waals surface area contributed by atoms with E-state index in [2.05, 4.69) is 13.1 Å². The van der Waals surface area contributed by atoms with Gasteiger partial charge < -0.3 is 29.4 Å². The van der Waals surface area contributed by atoms with Crippen molar-refractivity contribution in [3.63, 3.8) is 0 Å². The van der Waals surface area contributed by atoms with Crippen LogP contribution in [0.1, 0.15) is 6.42 Å². The van der Waals surface area contributed by atoms with Crippen LogP contribution in [0.25, 0.3) is 0 Å². The van der Waals surface area contributed by atoms with Crippen LogP contribution >= 0.6 is 23.5 Å². The summed E-state index contributed by atoms with van der Waals surface area (Å²) in [6.07, 6.45) is -3.56. The summed E-state index contributed by atoms with van der Waals surface area (Å²) in [5, 5.41) is 9.84. The van der Waals surface area contributed by atoms with Gasteiger partial charge in [0.1, 0.15) is 6.10 Å². The maximum absolute atomic E-state index is 14.9. The third kappa shape index (κ3) is 6.72. The first kappa shape index (κ1) is 24.2. The molecular formula is C9H14FN2O14P3. The van der Waals surface area contributed by atoms with Crippen molar-refractivity contribution in [3.05, 3.63) is 33.1 Å². The van der Waals surface area contributed by atoms with E-state index in [1.807, 2.05) is 0 Å². The molecule has 0 amide bonds. The number of halogens is 1. The Kier molecular flexibility index (Phi) is 6.87. The first-order chi connectivity index (χ1) is 13.0. The fourth-order valence-electron chi connectivity index (χ4n) is 2.20. The molecule has 166 valence electrons. The number of nitrogens with one attached hydrogen (secondary N) is 1. The number of phosphoric acid groups is 3. The molecule has 29 heavy (non-hydrogen) atoms. The summed E-state index contributed by atoms with van der Waals surface area (Å²) in [6.45, 7) is -1.13. The van der Waals surface area contributed by atoms with Crippen LogP contribution in [0.5, 0.6) is 0 Å². The topological polar surface area (TPSA) is 244 Å². The molecule has 2 rings (SSSR count). The van der Waals surface area contributed by atoms with Crippen molar-refractivity contribution in [2.75, 3.05) is 6.61 Å². The highest BCUT2D eigenvalue weighted by molar-refractivity contribution is 7.66. The number of ether oxygens (including phenoxy) is 1. The smallest absolute Gasteiger partial charge is 0.390 e. The molecule has 1 fully saturated rings. The largest absolute Gasteiger partial charge is 0.490 e. The number of aromatic amines is 1. The molecule has 0 aromatic carbocycles. The van der Waals surface area contributed by atoms with Gasteiger partial charge in [0.15, 0.2) is 0 Å². The van der Waals surface area contributed by atoms with Gasteiger partial charge in [0, 0.05) is 12.3 Å². The van der Waals surface area contributed by atoms with Gasteiger partial charge in [0.05, 0.1) is 19.1 Å². The van der Waals surface area contributed by atoms with Crippen molar-refractivity contribution in [3.8, 4) is 0 Å². The van der Waals surface area contributed by atoms with Crippen LogP contribution < -0.4 is 11.2 Å². The molecule has 1 aliphatic rings. The van der Waals surface area contributed by atoms with Crippen LogP contribution in [-0.4, -0.2) is 53.0 Å². The zero-order valence-corrected chi connectivity index (χ0v) is 16.5. The normalized spacial score (nSPS) is 29.3. The van der Waals surface area contributed by atoms with Crippen LogP contribution in [0.2, 0.25) is 0 Å². The van der Waals surface area contributed by atoms with E-state index in [4.69, 9.17) is 19.4 Å². The molecule has 1 aliphatic heterocycles. The average Bonchev–Trinajstić information content (AvgIpc) is 2.76. The Bertz CT molecular complexity index is 1020. The van der Waals surface area contributed by atoms with Crippen molar-refractivity contribution in [2.45, 2.75) is 24.6 Å². The van der Waals surface area contributed by atoms with Gasteiger partial charge >= 0.3 is 29.2 Å². The highest BCUT2D eigenvalue weighted by atomic mass is 31.3. The monoisotopic (exact) mass is 486 g/mol. The number of aromatic nitrogens is 2. The number of H-pyrrole nitrogens is 1. The fourth-order valence-corrected chi connectivity index (χ4v) is 5.23. The molecule has 5 atom stereocenters. The van der Waals surface area contributed by atoms with Crippen molar-refractivity contribution in [1.29, 1.82) is 0 Å². The molecule has 1 saturated heterocycles. The molecule has 0 aliphatic carbocycles. The Morgan fingerprint density at radius 2 is 1.83 bits per heavy atom. The van der Waals surface area contributed by atoms with Gasteiger partial charge in [-0.2, -0.15) is 13.0 Å². The number of phosphoric ester groups is 1. The second kappa shape index (κ2) is 8.23. The molecule has 0 spiro atoms. The van der Waals surface area contributed by atoms with E-state index in [0.29, 0.717) is 4.57 Å². The van der Waals surface area contributed by atoms with Crippen LogP contribution in [0.15, 0.2) is 21.9 Å². The van der Waals surface area contributed by atoms with E-state index in [-0.39, 0.29) is 0 Å². The molecule has 2 unspecified atom stereocenters. The van der Waals surface area contributed by atoms with Crippen molar-refractivity contribution in [2.24, 2.45) is 0 Å². The number of aliphatic hydroxyl groups excluding tert-OH is 1. The second-order valence-electron chi connectivity index (χ2n) is 5.48. The van der Waals surface area contributed by atoms with E-state index in [0.717, 1.165) is 12.3 Å². The van der Waals surface area contributed by atoms with Gasteiger partial charge in [-0.25, -0.2) is 23.1 Å². The Labute approximate surface area is 158 Å². The Morgan fingerprint density at radius 3 is 2.38 bits per heavy atom. The van der Waals surface area contributed by atoms with Crippen molar-refractivity contribution >= 4 is 23.5 Å². The minimum absolute atomic E-state index is 0.294. The minimum Gasteiger partial charge on any atom is -0.390 e. The predicted molar refractivity (Wildman–Crippen MR) is 85.7 cm³/mol. The number of nitrogens with zero attached hydrogens (tertiary/aromatic N) is 1. The second-order valence-corrected chi connectivity index (χ2v) is 9.90. The van der Waals surface area contributed by atoms with Crippen molar-refractivity contribution in [1.82, 2.24) is 9.55 Å². The predicted octanol–water partition coefficient (Wildman–Crippen LogP) is -1.39. The first-order valence-corrected chi connectivity index (χ1v) is 11.7. The number of hydrogen-bond acceptors (Lipinski definition) is 10. The Hall–Kier alpha value is -1.06. The molecule has 1 aromatic heterocycles.